The normalized spacial score (nSPS) is 12.7. The first-order valence-electron chi connectivity index (χ1n) is 11.4. The molecule has 186 valence electrons. The number of nitrogen functional groups attached to an aromatic ring is 1. The van der Waals surface area contributed by atoms with Crippen molar-refractivity contribution in [1.82, 2.24) is 15.2 Å². The van der Waals surface area contributed by atoms with E-state index in [-0.39, 0.29) is 18.3 Å². The Hall–Kier alpha value is -3.37. The predicted molar refractivity (Wildman–Crippen MR) is 143 cm³/mol. The molecule has 3 aromatic rings. The van der Waals surface area contributed by atoms with Gasteiger partial charge in [0, 0.05) is 47.0 Å². The summed E-state index contributed by atoms with van der Waals surface area (Å²) in [5, 5.41) is 16.4. The number of carbonyl (C=O) groups excluding carboxylic acids is 1. The molecule has 3 rings (SSSR count). The molecule has 0 fully saturated rings. The summed E-state index contributed by atoms with van der Waals surface area (Å²) in [6.45, 7) is 6.42. The number of likely N-dealkylation sites (N-methyl/N-ethyl adjacent to an activating group) is 1. The number of aromatic nitrogens is 1. The van der Waals surface area contributed by atoms with Gasteiger partial charge in [-0.3, -0.25) is 9.80 Å². The molecule has 0 aliphatic heterocycles. The fourth-order valence-electron chi connectivity index (χ4n) is 3.73. The van der Waals surface area contributed by atoms with Crippen LogP contribution in [0.3, 0.4) is 0 Å². The molecule has 1 amide bonds. The molecule has 10 heteroatoms. The second-order valence-electron chi connectivity index (χ2n) is 8.14. The van der Waals surface area contributed by atoms with Gasteiger partial charge in [-0.1, -0.05) is 31.5 Å². The van der Waals surface area contributed by atoms with Gasteiger partial charge in [0.05, 0.1) is 17.5 Å². The number of nitrogens with two attached hydrogens (primary N) is 3. The van der Waals surface area contributed by atoms with Crippen LogP contribution in [-0.2, 0) is 0 Å². The van der Waals surface area contributed by atoms with Gasteiger partial charge in [-0.25, -0.2) is 10.8 Å². The molecule has 1 aromatic heterocycles. The summed E-state index contributed by atoms with van der Waals surface area (Å²) in [5.41, 5.74) is 14.3. The average Bonchev–Trinajstić information content (AvgIpc) is 2.85. The molecule has 1 unspecified atom stereocenters. The van der Waals surface area contributed by atoms with Gasteiger partial charge in [0.1, 0.15) is 5.82 Å². The number of rotatable bonds is 10. The predicted octanol–water partition coefficient (Wildman–Crippen LogP) is 2.54. The van der Waals surface area contributed by atoms with Crippen molar-refractivity contribution in [3.63, 3.8) is 0 Å². The molecule has 0 radical (unpaired) electrons. The molecule has 35 heavy (non-hydrogen) atoms. The Balaban J connectivity index is 1.70. The smallest absolute Gasteiger partial charge is 0.251 e. The number of anilines is 2. The van der Waals surface area contributed by atoms with Crippen LogP contribution in [0, 0.1) is 0 Å². The second-order valence-corrected chi connectivity index (χ2v) is 8.57. The number of fused-ring (bicyclic) bond motifs is 1. The van der Waals surface area contributed by atoms with E-state index in [1.54, 1.807) is 42.6 Å². The third-order valence-corrected chi connectivity index (χ3v) is 5.97. The summed E-state index contributed by atoms with van der Waals surface area (Å²) in [7, 11) is 0. The lowest BCUT2D eigenvalue weighted by Gasteiger charge is -2.22. The van der Waals surface area contributed by atoms with Gasteiger partial charge in [0.25, 0.3) is 5.91 Å². The number of hydrazine groups is 1. The number of hydrogen-bond acceptors (Lipinski definition) is 8. The standard InChI is InChI=1S/C25H32ClN7O2/c1-3-32(4-2)14-20(34)13-31-25(35)16-6-9-19(10-7-16)33(29)15-22(27)23-21-11-18(26)8-5-17(21)12-30-24(23)28/h5-12,15,20,34H,3-4,13-14,27,29H2,1-2H3,(H2,28,30)(H,31,35)/b22-15-. The fraction of sp³-hybridized carbons (Fsp3) is 0.280. The Bertz CT molecular complexity index is 1190. The number of aliphatic hydroxyl groups is 1. The topological polar surface area (TPSA) is 147 Å². The van der Waals surface area contributed by atoms with Gasteiger partial charge in [-0.2, -0.15) is 0 Å². The molecule has 9 nitrogen and oxygen atoms in total. The second kappa shape index (κ2) is 11.9. The summed E-state index contributed by atoms with van der Waals surface area (Å²) in [5.74, 6) is 6.19. The number of benzene rings is 2. The van der Waals surface area contributed by atoms with E-state index < -0.39 is 6.10 Å². The lowest BCUT2D eigenvalue weighted by atomic mass is 10.0. The number of halogens is 1. The zero-order chi connectivity index (χ0) is 25.5. The van der Waals surface area contributed by atoms with Crippen LogP contribution in [0.1, 0.15) is 29.8 Å². The molecule has 0 aliphatic rings. The lowest BCUT2D eigenvalue weighted by Crippen LogP contribution is -2.40. The van der Waals surface area contributed by atoms with E-state index in [9.17, 15) is 9.90 Å². The zero-order valence-electron chi connectivity index (χ0n) is 19.9. The van der Waals surface area contributed by atoms with E-state index in [1.165, 1.54) is 11.2 Å². The number of aliphatic hydroxyl groups excluding tert-OH is 1. The van der Waals surface area contributed by atoms with Crippen LogP contribution in [0.25, 0.3) is 16.5 Å². The Morgan fingerprint density at radius 2 is 1.89 bits per heavy atom. The SMILES string of the molecule is CCN(CC)CC(O)CNC(=O)c1ccc(N(N)/C=C(\N)c2c(N)ncc3ccc(Cl)cc23)cc1. The minimum Gasteiger partial charge on any atom is -0.397 e. The highest BCUT2D eigenvalue weighted by Crippen LogP contribution is 2.29. The van der Waals surface area contributed by atoms with Gasteiger partial charge in [0.15, 0.2) is 0 Å². The van der Waals surface area contributed by atoms with Crippen LogP contribution in [0.5, 0.6) is 0 Å². The van der Waals surface area contributed by atoms with Gasteiger partial charge < -0.3 is 26.8 Å². The molecule has 0 saturated heterocycles. The van der Waals surface area contributed by atoms with Crippen LogP contribution in [0.2, 0.25) is 5.02 Å². The van der Waals surface area contributed by atoms with Crippen LogP contribution < -0.4 is 27.6 Å². The van der Waals surface area contributed by atoms with E-state index in [2.05, 4.69) is 15.2 Å². The van der Waals surface area contributed by atoms with Crippen molar-refractivity contribution in [2.24, 2.45) is 11.6 Å². The molecule has 2 aromatic carbocycles. The molecular formula is C25H32ClN7O2. The highest BCUT2D eigenvalue weighted by molar-refractivity contribution is 6.31. The van der Waals surface area contributed by atoms with E-state index in [0.29, 0.717) is 34.1 Å². The molecule has 0 aliphatic carbocycles. The molecule has 0 bridgehead atoms. The lowest BCUT2D eigenvalue weighted by molar-refractivity contribution is 0.0869. The average molecular weight is 498 g/mol. The zero-order valence-corrected chi connectivity index (χ0v) is 20.7. The number of nitrogens with zero attached hydrogens (tertiary/aromatic N) is 3. The van der Waals surface area contributed by atoms with Gasteiger partial charge in [-0.15, -0.1) is 0 Å². The van der Waals surface area contributed by atoms with E-state index in [1.807, 2.05) is 19.9 Å². The summed E-state index contributed by atoms with van der Waals surface area (Å²) < 4.78 is 0. The molecule has 1 heterocycles. The van der Waals surface area contributed by atoms with Crippen molar-refractivity contribution in [3.05, 3.63) is 71.0 Å². The van der Waals surface area contributed by atoms with Crippen molar-refractivity contribution in [3.8, 4) is 0 Å². The van der Waals surface area contributed by atoms with Gasteiger partial charge in [-0.05, 0) is 54.9 Å². The largest absolute Gasteiger partial charge is 0.397 e. The van der Waals surface area contributed by atoms with E-state index in [0.717, 1.165) is 23.9 Å². The number of nitrogens with one attached hydrogen (secondary N) is 1. The van der Waals surface area contributed by atoms with Crippen LogP contribution >= 0.6 is 11.6 Å². The minimum absolute atomic E-state index is 0.171. The summed E-state index contributed by atoms with van der Waals surface area (Å²) in [4.78, 5) is 18.8. The maximum absolute atomic E-state index is 12.5. The quantitative estimate of drug-likeness (QED) is 0.212. The van der Waals surface area contributed by atoms with Crippen molar-refractivity contribution < 1.29 is 9.90 Å². The Kier molecular flexibility index (Phi) is 8.89. The van der Waals surface area contributed by atoms with E-state index in [4.69, 9.17) is 28.9 Å². The first-order chi connectivity index (χ1) is 16.7. The van der Waals surface area contributed by atoms with Crippen molar-refractivity contribution in [2.75, 3.05) is 36.9 Å². The fourth-order valence-corrected chi connectivity index (χ4v) is 3.91. The number of carbonyl (C=O) groups is 1. The van der Waals surface area contributed by atoms with Crippen LogP contribution in [0.4, 0.5) is 11.5 Å². The van der Waals surface area contributed by atoms with Crippen LogP contribution in [-0.4, -0.2) is 53.2 Å². The van der Waals surface area contributed by atoms with Crippen LogP contribution in [0.15, 0.2) is 54.9 Å². The molecule has 0 saturated carbocycles. The summed E-state index contributed by atoms with van der Waals surface area (Å²) in [6, 6.07) is 12.1. The highest BCUT2D eigenvalue weighted by Gasteiger charge is 2.14. The number of hydrogen-bond donors (Lipinski definition) is 5. The Morgan fingerprint density at radius 1 is 1.20 bits per heavy atom. The van der Waals surface area contributed by atoms with Crippen molar-refractivity contribution in [1.29, 1.82) is 0 Å². The number of pyridine rings is 1. The highest BCUT2D eigenvalue weighted by atomic mass is 35.5. The number of amides is 1. The Morgan fingerprint density at radius 3 is 2.54 bits per heavy atom. The first-order valence-corrected chi connectivity index (χ1v) is 11.7. The maximum atomic E-state index is 12.5. The van der Waals surface area contributed by atoms with E-state index >= 15 is 0 Å². The third-order valence-electron chi connectivity index (χ3n) is 5.74. The maximum Gasteiger partial charge on any atom is 0.251 e. The third kappa shape index (κ3) is 6.61. The van der Waals surface area contributed by atoms with Gasteiger partial charge >= 0.3 is 0 Å². The molecule has 0 spiro atoms. The van der Waals surface area contributed by atoms with Crippen molar-refractivity contribution in [2.45, 2.75) is 20.0 Å². The summed E-state index contributed by atoms with van der Waals surface area (Å²) in [6.07, 6.45) is 2.55. The van der Waals surface area contributed by atoms with Gasteiger partial charge in [0.2, 0.25) is 0 Å². The Labute approximate surface area is 210 Å². The first kappa shape index (κ1) is 26.2. The minimum atomic E-state index is -0.642. The molecular weight excluding hydrogens is 466 g/mol. The monoisotopic (exact) mass is 497 g/mol. The molecule has 8 N–H and O–H groups in total. The molecule has 1 atom stereocenters. The summed E-state index contributed by atoms with van der Waals surface area (Å²) >= 11 is 6.16. The van der Waals surface area contributed by atoms with Crippen molar-refractivity contribution >= 4 is 45.5 Å².